The van der Waals surface area contributed by atoms with Crippen LogP contribution in [0.5, 0.6) is 0 Å². The third kappa shape index (κ3) is 1.89. The van der Waals surface area contributed by atoms with Crippen LogP contribution in [0.4, 0.5) is 0 Å². The summed E-state index contributed by atoms with van der Waals surface area (Å²) < 4.78 is 0. The van der Waals surface area contributed by atoms with Gasteiger partial charge in [-0.15, -0.1) is 0 Å². The van der Waals surface area contributed by atoms with Gasteiger partial charge in [-0.2, -0.15) is 0 Å². The van der Waals surface area contributed by atoms with E-state index in [0.717, 1.165) is 18.5 Å². The quantitative estimate of drug-likeness (QED) is 0.703. The van der Waals surface area contributed by atoms with Crippen molar-refractivity contribution in [1.29, 1.82) is 0 Å². The average Bonchev–Trinajstić information content (AvgIpc) is 2.71. The molecular weight excluding hydrogens is 160 g/mol. The van der Waals surface area contributed by atoms with Gasteiger partial charge in [0.25, 0.3) is 0 Å². The number of nitrogens with zero attached hydrogens (tertiary/aromatic N) is 1. The van der Waals surface area contributed by atoms with E-state index in [0.29, 0.717) is 6.04 Å². The molecule has 2 heteroatoms. The summed E-state index contributed by atoms with van der Waals surface area (Å²) in [5, 5.41) is 0. The highest BCUT2D eigenvalue weighted by Gasteiger charge is 2.33. The van der Waals surface area contributed by atoms with E-state index < -0.39 is 0 Å². The molecule has 2 aliphatic rings. The molecule has 1 heterocycles. The zero-order valence-electron chi connectivity index (χ0n) is 8.71. The van der Waals surface area contributed by atoms with Gasteiger partial charge in [-0.05, 0) is 44.6 Å². The molecule has 0 aromatic heterocycles. The number of nitrogens with two attached hydrogens (primary N) is 1. The number of likely N-dealkylation sites (tertiary alicyclic amines) is 1. The van der Waals surface area contributed by atoms with Gasteiger partial charge in [-0.25, -0.2) is 0 Å². The number of hydrogen-bond acceptors (Lipinski definition) is 2. The third-order valence-corrected chi connectivity index (χ3v) is 3.83. The normalized spacial score (nSPS) is 41.5. The van der Waals surface area contributed by atoms with E-state index in [1.807, 2.05) is 0 Å². The summed E-state index contributed by atoms with van der Waals surface area (Å²) in [5.41, 5.74) is 5.78. The Morgan fingerprint density at radius 3 is 2.77 bits per heavy atom. The minimum atomic E-state index is 0.704. The molecule has 2 fully saturated rings. The van der Waals surface area contributed by atoms with Crippen LogP contribution < -0.4 is 5.73 Å². The standard InChI is InChI=1S/C11H22N2/c1-9-4-5-10(7-9)13-6-2-3-11(13)8-12/h9-11H,2-8,12H2,1H3. The largest absolute Gasteiger partial charge is 0.329 e. The maximum Gasteiger partial charge on any atom is 0.0221 e. The van der Waals surface area contributed by atoms with Gasteiger partial charge in [-0.3, -0.25) is 4.90 Å². The molecule has 76 valence electrons. The third-order valence-electron chi connectivity index (χ3n) is 3.83. The van der Waals surface area contributed by atoms with Crippen LogP contribution >= 0.6 is 0 Å². The molecule has 1 aliphatic heterocycles. The minimum absolute atomic E-state index is 0.704. The highest BCUT2D eigenvalue weighted by Crippen LogP contribution is 2.32. The Morgan fingerprint density at radius 2 is 2.15 bits per heavy atom. The van der Waals surface area contributed by atoms with Crippen molar-refractivity contribution in [2.75, 3.05) is 13.1 Å². The molecular formula is C11H22N2. The Kier molecular flexibility index (Phi) is 2.89. The lowest BCUT2D eigenvalue weighted by atomic mass is 10.1. The van der Waals surface area contributed by atoms with Crippen molar-refractivity contribution in [1.82, 2.24) is 4.90 Å². The van der Waals surface area contributed by atoms with Crippen LogP contribution in [0.15, 0.2) is 0 Å². The van der Waals surface area contributed by atoms with Crippen molar-refractivity contribution in [3.8, 4) is 0 Å². The zero-order valence-corrected chi connectivity index (χ0v) is 8.71. The van der Waals surface area contributed by atoms with E-state index in [-0.39, 0.29) is 0 Å². The summed E-state index contributed by atoms with van der Waals surface area (Å²) in [4.78, 5) is 2.68. The first-order chi connectivity index (χ1) is 6.31. The summed E-state index contributed by atoms with van der Waals surface area (Å²) in [6, 6.07) is 1.57. The summed E-state index contributed by atoms with van der Waals surface area (Å²) in [6.07, 6.45) is 6.96. The molecule has 13 heavy (non-hydrogen) atoms. The van der Waals surface area contributed by atoms with E-state index in [4.69, 9.17) is 5.73 Å². The first-order valence-electron chi connectivity index (χ1n) is 5.77. The average molecular weight is 182 g/mol. The fourth-order valence-corrected chi connectivity index (χ4v) is 3.07. The Hall–Kier alpha value is -0.0800. The molecule has 3 unspecified atom stereocenters. The Bertz CT molecular complexity index is 169. The highest BCUT2D eigenvalue weighted by molar-refractivity contribution is 4.89. The second-order valence-corrected chi connectivity index (χ2v) is 4.84. The summed E-state index contributed by atoms with van der Waals surface area (Å²) in [5.74, 6) is 0.948. The van der Waals surface area contributed by atoms with Gasteiger partial charge < -0.3 is 5.73 Å². The second-order valence-electron chi connectivity index (χ2n) is 4.84. The SMILES string of the molecule is CC1CCC(N2CCCC2CN)C1. The number of hydrogen-bond donors (Lipinski definition) is 1. The predicted octanol–water partition coefficient (Wildman–Crippen LogP) is 1.60. The second kappa shape index (κ2) is 3.97. The van der Waals surface area contributed by atoms with Crippen molar-refractivity contribution in [3.63, 3.8) is 0 Å². The lowest BCUT2D eigenvalue weighted by Crippen LogP contribution is -2.41. The lowest BCUT2D eigenvalue weighted by Gasteiger charge is -2.29. The summed E-state index contributed by atoms with van der Waals surface area (Å²) in [6.45, 7) is 4.55. The highest BCUT2D eigenvalue weighted by atomic mass is 15.2. The van der Waals surface area contributed by atoms with Crippen molar-refractivity contribution < 1.29 is 0 Å². The van der Waals surface area contributed by atoms with Crippen LogP contribution in [-0.4, -0.2) is 30.1 Å². The first kappa shape index (κ1) is 9.47. The molecule has 0 aromatic rings. The molecule has 0 spiro atoms. The molecule has 1 saturated heterocycles. The van der Waals surface area contributed by atoms with Crippen LogP contribution in [-0.2, 0) is 0 Å². The van der Waals surface area contributed by atoms with Gasteiger partial charge in [0.2, 0.25) is 0 Å². The molecule has 0 aromatic carbocycles. The van der Waals surface area contributed by atoms with E-state index in [1.54, 1.807) is 0 Å². The molecule has 0 radical (unpaired) electrons. The maximum absolute atomic E-state index is 5.78. The fraction of sp³-hybridized carbons (Fsp3) is 1.00. The Morgan fingerprint density at radius 1 is 1.31 bits per heavy atom. The Balaban J connectivity index is 1.92. The van der Waals surface area contributed by atoms with Crippen molar-refractivity contribution in [2.45, 2.75) is 51.1 Å². The zero-order chi connectivity index (χ0) is 9.26. The van der Waals surface area contributed by atoms with Crippen molar-refractivity contribution in [2.24, 2.45) is 11.7 Å². The lowest BCUT2D eigenvalue weighted by molar-refractivity contribution is 0.182. The summed E-state index contributed by atoms with van der Waals surface area (Å²) in [7, 11) is 0. The van der Waals surface area contributed by atoms with Gasteiger partial charge in [-0.1, -0.05) is 6.92 Å². The van der Waals surface area contributed by atoms with Gasteiger partial charge in [0.15, 0.2) is 0 Å². The molecule has 2 nitrogen and oxygen atoms in total. The van der Waals surface area contributed by atoms with Crippen LogP contribution in [0.1, 0.15) is 39.0 Å². The van der Waals surface area contributed by atoms with Crippen LogP contribution in [0.2, 0.25) is 0 Å². The molecule has 3 atom stereocenters. The van der Waals surface area contributed by atoms with E-state index in [1.165, 1.54) is 38.6 Å². The fourth-order valence-electron chi connectivity index (χ4n) is 3.07. The van der Waals surface area contributed by atoms with Crippen molar-refractivity contribution in [3.05, 3.63) is 0 Å². The molecule has 0 amide bonds. The van der Waals surface area contributed by atoms with E-state index in [2.05, 4.69) is 11.8 Å². The van der Waals surface area contributed by atoms with Crippen LogP contribution in [0.25, 0.3) is 0 Å². The maximum atomic E-state index is 5.78. The minimum Gasteiger partial charge on any atom is -0.329 e. The van der Waals surface area contributed by atoms with E-state index in [9.17, 15) is 0 Å². The molecule has 1 saturated carbocycles. The molecule has 2 N–H and O–H groups in total. The van der Waals surface area contributed by atoms with Crippen LogP contribution in [0, 0.1) is 5.92 Å². The molecule has 1 aliphatic carbocycles. The van der Waals surface area contributed by atoms with Gasteiger partial charge in [0.05, 0.1) is 0 Å². The van der Waals surface area contributed by atoms with E-state index >= 15 is 0 Å². The predicted molar refractivity (Wildman–Crippen MR) is 55.6 cm³/mol. The first-order valence-corrected chi connectivity index (χ1v) is 5.77. The van der Waals surface area contributed by atoms with Gasteiger partial charge >= 0.3 is 0 Å². The molecule has 0 bridgehead atoms. The monoisotopic (exact) mass is 182 g/mol. The van der Waals surface area contributed by atoms with Gasteiger partial charge in [0.1, 0.15) is 0 Å². The Labute approximate surface area is 81.5 Å². The summed E-state index contributed by atoms with van der Waals surface area (Å²) >= 11 is 0. The topological polar surface area (TPSA) is 29.3 Å². The smallest absolute Gasteiger partial charge is 0.0221 e. The number of rotatable bonds is 2. The van der Waals surface area contributed by atoms with Crippen LogP contribution in [0.3, 0.4) is 0 Å². The van der Waals surface area contributed by atoms with Gasteiger partial charge in [0, 0.05) is 18.6 Å². The van der Waals surface area contributed by atoms with Crippen molar-refractivity contribution >= 4 is 0 Å². The molecule has 2 rings (SSSR count).